The minimum Gasteiger partial charge on any atom is -0.477 e. The average Bonchev–Trinajstić information content (AvgIpc) is 2.39. The summed E-state index contributed by atoms with van der Waals surface area (Å²) in [6, 6.07) is 0. The van der Waals surface area contributed by atoms with Crippen LogP contribution in [0.4, 0.5) is 0 Å². The SMILES string of the molecule is O=C(O)/C(I)=C\C1CCCC1. The Labute approximate surface area is 79.8 Å². The van der Waals surface area contributed by atoms with Gasteiger partial charge in [-0.25, -0.2) is 4.79 Å². The van der Waals surface area contributed by atoms with Gasteiger partial charge in [0.15, 0.2) is 0 Å². The number of aliphatic carboxylic acids is 1. The molecule has 0 bridgehead atoms. The Morgan fingerprint density at radius 1 is 1.45 bits per heavy atom. The Balaban J connectivity index is 2.49. The van der Waals surface area contributed by atoms with Crippen molar-refractivity contribution in [1.29, 1.82) is 0 Å². The van der Waals surface area contributed by atoms with Crippen LogP contribution in [0, 0.1) is 5.92 Å². The van der Waals surface area contributed by atoms with Gasteiger partial charge in [0, 0.05) is 0 Å². The van der Waals surface area contributed by atoms with Gasteiger partial charge in [0.25, 0.3) is 0 Å². The maximum absolute atomic E-state index is 10.4. The molecule has 11 heavy (non-hydrogen) atoms. The summed E-state index contributed by atoms with van der Waals surface area (Å²) in [5.74, 6) is -0.268. The van der Waals surface area contributed by atoms with Crippen LogP contribution in [0.5, 0.6) is 0 Å². The van der Waals surface area contributed by atoms with Crippen molar-refractivity contribution in [3.8, 4) is 0 Å². The minimum atomic E-state index is -0.794. The highest BCUT2D eigenvalue weighted by molar-refractivity contribution is 14.1. The number of hydrogen-bond acceptors (Lipinski definition) is 1. The van der Waals surface area contributed by atoms with Crippen molar-refractivity contribution in [3.05, 3.63) is 9.66 Å². The lowest BCUT2D eigenvalue weighted by Gasteiger charge is -2.00. The molecule has 2 nitrogen and oxygen atoms in total. The molecule has 1 aliphatic carbocycles. The van der Waals surface area contributed by atoms with Crippen molar-refractivity contribution in [1.82, 2.24) is 0 Å². The van der Waals surface area contributed by atoms with Gasteiger partial charge in [-0.3, -0.25) is 0 Å². The van der Waals surface area contributed by atoms with E-state index in [-0.39, 0.29) is 0 Å². The Morgan fingerprint density at radius 2 is 2.00 bits per heavy atom. The lowest BCUT2D eigenvalue weighted by atomic mass is 10.1. The van der Waals surface area contributed by atoms with Crippen molar-refractivity contribution in [2.75, 3.05) is 0 Å². The number of carboxylic acids is 1. The van der Waals surface area contributed by atoms with Crippen molar-refractivity contribution in [2.45, 2.75) is 25.7 Å². The first-order chi connectivity index (χ1) is 5.20. The highest BCUT2D eigenvalue weighted by atomic mass is 127. The summed E-state index contributed by atoms with van der Waals surface area (Å²) in [7, 11) is 0. The van der Waals surface area contributed by atoms with Crippen LogP contribution in [0.15, 0.2) is 9.66 Å². The van der Waals surface area contributed by atoms with E-state index in [1.807, 2.05) is 28.7 Å². The fraction of sp³-hybridized carbons (Fsp3) is 0.625. The zero-order valence-corrected chi connectivity index (χ0v) is 8.37. The van der Waals surface area contributed by atoms with Crippen LogP contribution in [-0.4, -0.2) is 11.1 Å². The van der Waals surface area contributed by atoms with Gasteiger partial charge in [0.2, 0.25) is 0 Å². The molecule has 1 fully saturated rings. The van der Waals surface area contributed by atoms with E-state index < -0.39 is 5.97 Å². The van der Waals surface area contributed by atoms with E-state index in [9.17, 15) is 4.79 Å². The third-order valence-electron chi connectivity index (χ3n) is 1.99. The fourth-order valence-electron chi connectivity index (χ4n) is 1.40. The van der Waals surface area contributed by atoms with E-state index in [4.69, 9.17) is 5.11 Å². The lowest BCUT2D eigenvalue weighted by Crippen LogP contribution is -1.96. The van der Waals surface area contributed by atoms with Crippen LogP contribution >= 0.6 is 22.6 Å². The van der Waals surface area contributed by atoms with Crippen molar-refractivity contribution < 1.29 is 9.90 Å². The largest absolute Gasteiger partial charge is 0.477 e. The van der Waals surface area contributed by atoms with E-state index in [0.717, 1.165) is 0 Å². The molecule has 0 aromatic heterocycles. The maximum atomic E-state index is 10.4. The van der Waals surface area contributed by atoms with Crippen molar-refractivity contribution in [2.24, 2.45) is 5.92 Å². The lowest BCUT2D eigenvalue weighted by molar-refractivity contribution is -0.131. The number of carboxylic acid groups (broad SMARTS) is 1. The van der Waals surface area contributed by atoms with Gasteiger partial charge in [-0.2, -0.15) is 0 Å². The molecule has 0 heterocycles. The quantitative estimate of drug-likeness (QED) is 0.616. The van der Waals surface area contributed by atoms with Gasteiger partial charge < -0.3 is 5.11 Å². The number of carbonyl (C=O) groups is 1. The van der Waals surface area contributed by atoms with Gasteiger partial charge in [-0.15, -0.1) is 0 Å². The average molecular weight is 266 g/mol. The van der Waals surface area contributed by atoms with Crippen molar-refractivity contribution in [3.63, 3.8) is 0 Å². The summed E-state index contributed by atoms with van der Waals surface area (Å²) < 4.78 is 0.467. The maximum Gasteiger partial charge on any atom is 0.341 e. The van der Waals surface area contributed by atoms with Gasteiger partial charge in [-0.1, -0.05) is 18.9 Å². The molecule has 0 saturated heterocycles. The molecule has 1 rings (SSSR count). The summed E-state index contributed by atoms with van der Waals surface area (Å²) in [5.41, 5.74) is 0. The predicted octanol–water partition coefficient (Wildman–Crippen LogP) is 2.58. The third-order valence-corrected chi connectivity index (χ3v) is 2.81. The van der Waals surface area contributed by atoms with E-state index >= 15 is 0 Å². The van der Waals surface area contributed by atoms with E-state index in [1.54, 1.807) is 0 Å². The molecule has 0 aliphatic heterocycles. The number of rotatable bonds is 2. The molecule has 0 aromatic rings. The molecule has 0 atom stereocenters. The van der Waals surface area contributed by atoms with E-state index in [1.165, 1.54) is 25.7 Å². The van der Waals surface area contributed by atoms with Gasteiger partial charge in [0.05, 0.1) is 3.58 Å². The van der Waals surface area contributed by atoms with Crippen LogP contribution < -0.4 is 0 Å². The first-order valence-electron chi connectivity index (χ1n) is 3.81. The topological polar surface area (TPSA) is 37.3 Å². The summed E-state index contributed by atoms with van der Waals surface area (Å²) in [6.45, 7) is 0. The zero-order chi connectivity index (χ0) is 8.27. The fourth-order valence-corrected chi connectivity index (χ4v) is 1.91. The van der Waals surface area contributed by atoms with Crippen LogP contribution in [0.1, 0.15) is 25.7 Å². The zero-order valence-electron chi connectivity index (χ0n) is 6.22. The second kappa shape index (κ2) is 4.09. The van der Waals surface area contributed by atoms with Crippen LogP contribution in [0.25, 0.3) is 0 Å². The standard InChI is InChI=1S/C8H11IO2/c9-7(8(10)11)5-6-3-1-2-4-6/h5-6H,1-4H2,(H,10,11)/b7-5+. The number of halogens is 1. The van der Waals surface area contributed by atoms with Crippen LogP contribution in [0.2, 0.25) is 0 Å². The van der Waals surface area contributed by atoms with Crippen LogP contribution in [0.3, 0.4) is 0 Å². The Bertz CT molecular complexity index is 181. The molecule has 1 N–H and O–H groups in total. The molecule has 0 unspecified atom stereocenters. The molecule has 3 heteroatoms. The van der Waals surface area contributed by atoms with Gasteiger partial charge >= 0.3 is 5.97 Å². The monoisotopic (exact) mass is 266 g/mol. The second-order valence-electron chi connectivity index (χ2n) is 2.86. The minimum absolute atomic E-state index is 0.467. The molecular weight excluding hydrogens is 255 g/mol. The summed E-state index contributed by atoms with van der Waals surface area (Å²) in [6.07, 6.45) is 6.73. The van der Waals surface area contributed by atoms with E-state index in [2.05, 4.69) is 0 Å². The molecule has 0 spiro atoms. The molecule has 0 amide bonds. The molecular formula is C8H11IO2. The smallest absolute Gasteiger partial charge is 0.341 e. The molecule has 1 aliphatic rings. The summed E-state index contributed by atoms with van der Waals surface area (Å²) >= 11 is 1.88. The summed E-state index contributed by atoms with van der Waals surface area (Å²) in [4.78, 5) is 10.4. The number of hydrogen-bond donors (Lipinski definition) is 1. The van der Waals surface area contributed by atoms with Crippen LogP contribution in [-0.2, 0) is 4.79 Å². The highest BCUT2D eigenvalue weighted by Crippen LogP contribution is 2.27. The Kier molecular flexibility index (Phi) is 3.36. The molecule has 0 radical (unpaired) electrons. The van der Waals surface area contributed by atoms with E-state index in [0.29, 0.717) is 9.50 Å². The highest BCUT2D eigenvalue weighted by Gasteiger charge is 2.14. The first-order valence-corrected chi connectivity index (χ1v) is 4.88. The summed E-state index contributed by atoms with van der Waals surface area (Å²) in [5, 5.41) is 8.57. The Hall–Kier alpha value is -0.0600. The number of allylic oxidation sites excluding steroid dienone is 1. The van der Waals surface area contributed by atoms with Gasteiger partial charge in [-0.05, 0) is 41.4 Å². The molecule has 0 aromatic carbocycles. The predicted molar refractivity (Wildman–Crippen MR) is 51.7 cm³/mol. The first kappa shape index (κ1) is 9.03. The van der Waals surface area contributed by atoms with Gasteiger partial charge in [0.1, 0.15) is 0 Å². The third kappa shape index (κ3) is 2.81. The normalized spacial score (nSPS) is 20.6. The molecule has 62 valence electrons. The second-order valence-corrected chi connectivity index (χ2v) is 4.03. The Morgan fingerprint density at radius 3 is 2.45 bits per heavy atom. The molecule has 1 saturated carbocycles. The van der Waals surface area contributed by atoms with Crippen molar-refractivity contribution >= 4 is 28.6 Å².